The van der Waals surface area contributed by atoms with Gasteiger partial charge in [-0.3, -0.25) is 0 Å². The first kappa shape index (κ1) is 13.5. The van der Waals surface area contributed by atoms with Crippen LogP contribution in [0.25, 0.3) is 5.70 Å². The quantitative estimate of drug-likeness (QED) is 0.906. The van der Waals surface area contributed by atoms with E-state index < -0.39 is 11.7 Å². The lowest BCUT2D eigenvalue weighted by atomic mass is 10.0. The molecule has 2 saturated heterocycles. The Labute approximate surface area is 115 Å². The zero-order valence-corrected chi connectivity index (χ0v) is 11.3. The summed E-state index contributed by atoms with van der Waals surface area (Å²) < 4.78 is 44.3. The van der Waals surface area contributed by atoms with E-state index in [0.717, 1.165) is 32.2 Å². The Morgan fingerprint density at radius 3 is 2.50 bits per heavy atom. The molecule has 1 aromatic rings. The Morgan fingerprint density at radius 2 is 1.95 bits per heavy atom. The highest BCUT2D eigenvalue weighted by Crippen LogP contribution is 2.39. The number of fused-ring (bicyclic) bond motifs is 1. The first-order chi connectivity index (χ1) is 9.36. The second-order valence-electron chi connectivity index (χ2n) is 5.63. The van der Waals surface area contributed by atoms with Crippen molar-refractivity contribution in [1.82, 2.24) is 10.2 Å². The van der Waals surface area contributed by atoms with Gasteiger partial charge in [-0.2, -0.15) is 13.2 Å². The van der Waals surface area contributed by atoms with Crippen molar-refractivity contribution in [2.45, 2.75) is 13.1 Å². The molecule has 2 atom stereocenters. The SMILES string of the molecule is C=C(c1oc(C)cc1C(F)(F)F)N1CC2CNCC2C1. The van der Waals surface area contributed by atoms with E-state index in [1.165, 1.54) is 6.92 Å². The van der Waals surface area contributed by atoms with Crippen LogP contribution in [0.2, 0.25) is 0 Å². The van der Waals surface area contributed by atoms with Crippen molar-refractivity contribution in [3.63, 3.8) is 0 Å². The van der Waals surface area contributed by atoms with E-state index in [0.29, 0.717) is 17.5 Å². The standard InChI is InChI=1S/C14H17F3N2O/c1-8-3-12(14(15,16)17)13(20-8)9(2)19-6-10-4-18-5-11(10)7-19/h3,10-11,18H,2,4-7H2,1H3. The fraction of sp³-hybridized carbons (Fsp3) is 0.571. The van der Waals surface area contributed by atoms with Crippen molar-refractivity contribution >= 4 is 5.70 Å². The number of nitrogens with one attached hydrogen (secondary N) is 1. The highest BCUT2D eigenvalue weighted by molar-refractivity contribution is 5.61. The van der Waals surface area contributed by atoms with Gasteiger partial charge in [-0.15, -0.1) is 0 Å². The lowest BCUT2D eigenvalue weighted by molar-refractivity contribution is -0.138. The van der Waals surface area contributed by atoms with E-state index in [-0.39, 0.29) is 11.5 Å². The Bertz CT molecular complexity index is 523. The number of hydrogen-bond donors (Lipinski definition) is 1. The Hall–Kier alpha value is -1.43. The van der Waals surface area contributed by atoms with Crippen LogP contribution in [0.15, 0.2) is 17.1 Å². The van der Waals surface area contributed by atoms with Gasteiger partial charge in [0.15, 0.2) is 5.76 Å². The summed E-state index contributed by atoms with van der Waals surface area (Å²) >= 11 is 0. The molecule has 3 heterocycles. The zero-order chi connectivity index (χ0) is 14.5. The van der Waals surface area contributed by atoms with Crippen molar-refractivity contribution in [3.05, 3.63) is 29.7 Å². The molecule has 2 aliphatic rings. The molecule has 0 aliphatic carbocycles. The van der Waals surface area contributed by atoms with E-state index in [1.54, 1.807) is 0 Å². The molecule has 3 nitrogen and oxygen atoms in total. The van der Waals surface area contributed by atoms with Crippen LogP contribution in [0.3, 0.4) is 0 Å². The first-order valence-corrected chi connectivity index (χ1v) is 6.69. The van der Waals surface area contributed by atoms with Crippen molar-refractivity contribution in [2.24, 2.45) is 11.8 Å². The fourth-order valence-corrected chi connectivity index (χ4v) is 3.16. The molecule has 1 aromatic heterocycles. The molecule has 2 aliphatic heterocycles. The van der Waals surface area contributed by atoms with E-state index in [9.17, 15) is 13.2 Å². The van der Waals surface area contributed by atoms with Crippen LogP contribution in [-0.4, -0.2) is 31.1 Å². The van der Waals surface area contributed by atoms with Crippen LogP contribution in [0, 0.1) is 18.8 Å². The Kier molecular flexibility index (Phi) is 3.08. The normalized spacial score (nSPS) is 26.1. The Balaban J connectivity index is 1.85. The molecule has 0 radical (unpaired) electrons. The monoisotopic (exact) mass is 286 g/mol. The van der Waals surface area contributed by atoms with E-state index in [4.69, 9.17) is 4.42 Å². The third-order valence-corrected chi connectivity index (χ3v) is 4.19. The van der Waals surface area contributed by atoms with Crippen molar-refractivity contribution in [3.8, 4) is 0 Å². The van der Waals surface area contributed by atoms with Gasteiger partial charge in [-0.1, -0.05) is 6.58 Å². The minimum absolute atomic E-state index is 0.136. The van der Waals surface area contributed by atoms with Crippen molar-refractivity contribution < 1.29 is 17.6 Å². The molecule has 0 bridgehead atoms. The summed E-state index contributed by atoms with van der Waals surface area (Å²) in [6, 6.07) is 1.04. The summed E-state index contributed by atoms with van der Waals surface area (Å²) in [4.78, 5) is 1.92. The molecule has 0 spiro atoms. The van der Waals surface area contributed by atoms with Gasteiger partial charge in [0, 0.05) is 26.2 Å². The minimum Gasteiger partial charge on any atom is -0.459 e. The topological polar surface area (TPSA) is 28.4 Å². The summed E-state index contributed by atoms with van der Waals surface area (Å²) in [7, 11) is 0. The van der Waals surface area contributed by atoms with Crippen molar-refractivity contribution in [2.75, 3.05) is 26.2 Å². The van der Waals surface area contributed by atoms with Gasteiger partial charge < -0.3 is 14.6 Å². The second-order valence-corrected chi connectivity index (χ2v) is 5.63. The molecule has 0 amide bonds. The van der Waals surface area contributed by atoms with Crippen LogP contribution >= 0.6 is 0 Å². The van der Waals surface area contributed by atoms with Gasteiger partial charge in [0.1, 0.15) is 11.3 Å². The molecular formula is C14H17F3N2O. The van der Waals surface area contributed by atoms with Gasteiger partial charge in [0.2, 0.25) is 0 Å². The van der Waals surface area contributed by atoms with Gasteiger partial charge in [-0.25, -0.2) is 0 Å². The number of furan rings is 1. The third-order valence-electron chi connectivity index (χ3n) is 4.19. The highest BCUT2D eigenvalue weighted by Gasteiger charge is 2.41. The molecule has 0 aromatic carbocycles. The van der Waals surface area contributed by atoms with E-state index in [2.05, 4.69) is 11.9 Å². The van der Waals surface area contributed by atoms with Gasteiger partial charge >= 0.3 is 6.18 Å². The van der Waals surface area contributed by atoms with E-state index in [1.807, 2.05) is 4.90 Å². The molecule has 0 saturated carbocycles. The number of hydrogen-bond acceptors (Lipinski definition) is 3. The van der Waals surface area contributed by atoms with E-state index >= 15 is 0 Å². The molecule has 110 valence electrons. The molecule has 20 heavy (non-hydrogen) atoms. The van der Waals surface area contributed by atoms with Gasteiger partial charge in [0.05, 0.1) is 5.70 Å². The number of likely N-dealkylation sites (tertiary alicyclic amines) is 1. The number of aryl methyl sites for hydroxylation is 1. The maximum absolute atomic E-state index is 13.0. The molecule has 3 rings (SSSR count). The first-order valence-electron chi connectivity index (χ1n) is 6.69. The van der Waals surface area contributed by atoms with Gasteiger partial charge in [-0.05, 0) is 24.8 Å². The van der Waals surface area contributed by atoms with Crippen LogP contribution < -0.4 is 5.32 Å². The van der Waals surface area contributed by atoms with Crippen molar-refractivity contribution in [1.29, 1.82) is 0 Å². The average Bonchev–Trinajstić information content (AvgIpc) is 2.98. The number of alkyl halides is 3. The summed E-state index contributed by atoms with van der Waals surface area (Å²) in [5.74, 6) is 1.12. The summed E-state index contributed by atoms with van der Waals surface area (Å²) in [6.45, 7) is 8.70. The summed E-state index contributed by atoms with van der Waals surface area (Å²) in [5.41, 5.74) is -0.380. The zero-order valence-electron chi connectivity index (χ0n) is 11.3. The smallest absolute Gasteiger partial charge is 0.420 e. The number of rotatable bonds is 2. The third kappa shape index (κ3) is 2.22. The fourth-order valence-electron chi connectivity index (χ4n) is 3.16. The van der Waals surface area contributed by atoms with Crippen LogP contribution in [0.1, 0.15) is 17.1 Å². The lowest BCUT2D eigenvalue weighted by Crippen LogP contribution is -2.25. The minimum atomic E-state index is -4.41. The average molecular weight is 286 g/mol. The number of halogens is 3. The van der Waals surface area contributed by atoms with Crippen LogP contribution in [0.5, 0.6) is 0 Å². The molecule has 1 N–H and O–H groups in total. The van der Waals surface area contributed by atoms with Crippen LogP contribution in [-0.2, 0) is 6.18 Å². The van der Waals surface area contributed by atoms with Gasteiger partial charge in [0.25, 0.3) is 0 Å². The summed E-state index contributed by atoms with van der Waals surface area (Å²) in [5, 5.41) is 3.30. The highest BCUT2D eigenvalue weighted by atomic mass is 19.4. The predicted molar refractivity (Wildman–Crippen MR) is 68.9 cm³/mol. The second kappa shape index (κ2) is 4.55. The molecule has 2 fully saturated rings. The predicted octanol–water partition coefficient (Wildman–Crippen LogP) is 2.73. The Morgan fingerprint density at radius 1 is 1.35 bits per heavy atom. The van der Waals surface area contributed by atoms with Crippen LogP contribution in [0.4, 0.5) is 13.2 Å². The number of nitrogens with zero attached hydrogens (tertiary/aromatic N) is 1. The lowest BCUT2D eigenvalue weighted by Gasteiger charge is -2.21. The largest absolute Gasteiger partial charge is 0.459 e. The maximum atomic E-state index is 13.0. The molecule has 2 unspecified atom stereocenters. The molecular weight excluding hydrogens is 269 g/mol. The summed E-state index contributed by atoms with van der Waals surface area (Å²) in [6.07, 6.45) is -4.41. The molecule has 6 heteroatoms. The maximum Gasteiger partial charge on any atom is 0.420 e.